The summed E-state index contributed by atoms with van der Waals surface area (Å²) in [5.41, 5.74) is 9.31. The van der Waals surface area contributed by atoms with Crippen LogP contribution in [0.2, 0.25) is 0 Å². The minimum atomic E-state index is 0.0214. The zero-order chi connectivity index (χ0) is 15.7. The Kier molecular flexibility index (Phi) is 3.66. The summed E-state index contributed by atoms with van der Waals surface area (Å²) >= 11 is 0. The van der Waals surface area contributed by atoms with E-state index in [1.54, 1.807) is 11.1 Å². The van der Waals surface area contributed by atoms with Crippen LogP contribution in [0, 0.1) is 0 Å². The fourth-order valence-corrected chi connectivity index (χ4v) is 2.58. The minimum absolute atomic E-state index is 0.0214. The smallest absolute Gasteiger partial charge is 0.254 e. The molecule has 0 radical (unpaired) electrons. The molecule has 2 aromatic rings. The lowest BCUT2D eigenvalue weighted by Gasteiger charge is -2.28. The molecule has 0 aliphatic carbocycles. The maximum Gasteiger partial charge on any atom is 0.254 e. The van der Waals surface area contributed by atoms with Crippen LogP contribution in [-0.2, 0) is 13.0 Å². The van der Waals surface area contributed by atoms with Crippen LogP contribution in [0.4, 0.5) is 11.6 Å². The van der Waals surface area contributed by atoms with Crippen LogP contribution in [0.3, 0.4) is 0 Å². The Balaban J connectivity index is 1.78. The minimum Gasteiger partial charge on any atom is -0.378 e. The van der Waals surface area contributed by atoms with Gasteiger partial charge in [-0.05, 0) is 36.2 Å². The summed E-state index contributed by atoms with van der Waals surface area (Å²) in [6, 6.07) is 7.62. The van der Waals surface area contributed by atoms with E-state index in [1.165, 1.54) is 0 Å². The lowest BCUT2D eigenvalue weighted by molar-refractivity contribution is 0.0732. The number of fused-ring (bicyclic) bond motifs is 1. The Labute approximate surface area is 129 Å². The lowest BCUT2D eigenvalue weighted by atomic mass is 10.1. The number of nitrogen functional groups attached to an aromatic ring is 1. The third-order valence-electron chi connectivity index (χ3n) is 3.88. The molecule has 1 amide bonds. The summed E-state index contributed by atoms with van der Waals surface area (Å²) in [4.78, 5) is 24.7. The summed E-state index contributed by atoms with van der Waals surface area (Å²) in [5.74, 6) is 0.275. The van der Waals surface area contributed by atoms with E-state index in [4.69, 9.17) is 5.73 Å². The molecule has 0 saturated heterocycles. The largest absolute Gasteiger partial charge is 0.378 e. The summed E-state index contributed by atoms with van der Waals surface area (Å²) in [6.07, 6.45) is 2.52. The van der Waals surface area contributed by atoms with Crippen molar-refractivity contribution in [3.05, 3.63) is 47.3 Å². The molecule has 2 heterocycles. The highest BCUT2D eigenvalue weighted by Gasteiger charge is 2.23. The first kappa shape index (κ1) is 14.3. The summed E-state index contributed by atoms with van der Waals surface area (Å²) < 4.78 is 0. The number of amides is 1. The number of carbonyl (C=O) groups excluding carboxylic acids is 1. The monoisotopic (exact) mass is 297 g/mol. The molecule has 6 heteroatoms. The van der Waals surface area contributed by atoms with Gasteiger partial charge >= 0.3 is 0 Å². The SMILES string of the molecule is CN(C)c1ccc(C(=O)N2CCc3cnc(N)nc3C2)cc1. The fourth-order valence-electron chi connectivity index (χ4n) is 2.58. The maximum atomic E-state index is 12.6. The van der Waals surface area contributed by atoms with E-state index >= 15 is 0 Å². The van der Waals surface area contributed by atoms with Crippen LogP contribution < -0.4 is 10.6 Å². The Bertz CT molecular complexity index is 696. The zero-order valence-electron chi connectivity index (χ0n) is 12.8. The Morgan fingerprint density at radius 2 is 2.00 bits per heavy atom. The Morgan fingerprint density at radius 3 is 2.68 bits per heavy atom. The second kappa shape index (κ2) is 5.63. The van der Waals surface area contributed by atoms with Gasteiger partial charge in [0.2, 0.25) is 5.95 Å². The van der Waals surface area contributed by atoms with E-state index in [-0.39, 0.29) is 11.9 Å². The van der Waals surface area contributed by atoms with Crippen molar-refractivity contribution >= 4 is 17.5 Å². The number of carbonyl (C=O) groups is 1. The van der Waals surface area contributed by atoms with Gasteiger partial charge in [-0.25, -0.2) is 9.97 Å². The molecule has 0 atom stereocenters. The number of nitrogens with two attached hydrogens (primary N) is 1. The van der Waals surface area contributed by atoms with E-state index in [0.717, 1.165) is 23.4 Å². The predicted octanol–water partition coefficient (Wildman–Crippen LogP) is 1.32. The highest BCUT2D eigenvalue weighted by Crippen LogP contribution is 2.20. The Hall–Kier alpha value is -2.63. The molecular formula is C16H19N5O. The average Bonchev–Trinajstić information content (AvgIpc) is 2.53. The number of nitrogens with zero attached hydrogens (tertiary/aromatic N) is 4. The van der Waals surface area contributed by atoms with Gasteiger partial charge in [0.1, 0.15) is 0 Å². The number of benzene rings is 1. The van der Waals surface area contributed by atoms with E-state index < -0.39 is 0 Å². The average molecular weight is 297 g/mol. The van der Waals surface area contributed by atoms with Gasteiger partial charge in [-0.3, -0.25) is 4.79 Å². The van der Waals surface area contributed by atoms with Gasteiger partial charge in [0, 0.05) is 38.1 Å². The van der Waals surface area contributed by atoms with E-state index in [1.807, 2.05) is 43.3 Å². The highest BCUT2D eigenvalue weighted by atomic mass is 16.2. The number of aromatic nitrogens is 2. The summed E-state index contributed by atoms with van der Waals surface area (Å²) in [5, 5.41) is 0. The van der Waals surface area contributed by atoms with Crippen molar-refractivity contribution in [2.24, 2.45) is 0 Å². The van der Waals surface area contributed by atoms with Crippen LogP contribution in [0.15, 0.2) is 30.5 Å². The van der Waals surface area contributed by atoms with Gasteiger partial charge in [-0.1, -0.05) is 0 Å². The second-order valence-corrected chi connectivity index (χ2v) is 5.62. The molecule has 2 N–H and O–H groups in total. The summed E-state index contributed by atoms with van der Waals surface area (Å²) in [6.45, 7) is 1.16. The highest BCUT2D eigenvalue weighted by molar-refractivity contribution is 5.94. The van der Waals surface area contributed by atoms with Crippen LogP contribution >= 0.6 is 0 Å². The van der Waals surface area contributed by atoms with Crippen molar-refractivity contribution in [2.75, 3.05) is 31.3 Å². The number of hydrogen-bond donors (Lipinski definition) is 1. The van der Waals surface area contributed by atoms with Crippen molar-refractivity contribution in [3.63, 3.8) is 0 Å². The molecule has 1 aromatic carbocycles. The quantitative estimate of drug-likeness (QED) is 0.905. The molecule has 3 rings (SSSR count). The van der Waals surface area contributed by atoms with Crippen LogP contribution in [0.1, 0.15) is 21.6 Å². The van der Waals surface area contributed by atoms with E-state index in [0.29, 0.717) is 18.7 Å². The molecule has 0 saturated carbocycles. The van der Waals surface area contributed by atoms with Gasteiger partial charge in [-0.15, -0.1) is 0 Å². The zero-order valence-corrected chi connectivity index (χ0v) is 12.8. The first-order valence-electron chi connectivity index (χ1n) is 7.21. The Morgan fingerprint density at radius 1 is 1.27 bits per heavy atom. The molecule has 1 aliphatic rings. The first-order chi connectivity index (χ1) is 10.5. The standard InChI is InChI=1S/C16H19N5O/c1-20(2)13-5-3-11(4-6-13)15(22)21-8-7-12-9-18-16(17)19-14(12)10-21/h3-6,9H,7-8,10H2,1-2H3,(H2,17,18,19). The molecular weight excluding hydrogens is 278 g/mol. The van der Waals surface area contributed by atoms with Crippen molar-refractivity contribution in [2.45, 2.75) is 13.0 Å². The van der Waals surface area contributed by atoms with Crippen LogP contribution in [-0.4, -0.2) is 41.4 Å². The molecule has 1 aliphatic heterocycles. The van der Waals surface area contributed by atoms with Crippen molar-refractivity contribution < 1.29 is 4.79 Å². The van der Waals surface area contributed by atoms with Gasteiger partial charge < -0.3 is 15.5 Å². The molecule has 0 bridgehead atoms. The second-order valence-electron chi connectivity index (χ2n) is 5.62. The number of anilines is 2. The third-order valence-corrected chi connectivity index (χ3v) is 3.88. The maximum absolute atomic E-state index is 12.6. The normalized spacial score (nSPS) is 13.6. The van der Waals surface area contributed by atoms with E-state index in [9.17, 15) is 4.79 Å². The van der Waals surface area contributed by atoms with Gasteiger partial charge in [0.05, 0.1) is 12.2 Å². The van der Waals surface area contributed by atoms with Crippen LogP contribution in [0.5, 0.6) is 0 Å². The van der Waals surface area contributed by atoms with Gasteiger partial charge in [0.25, 0.3) is 5.91 Å². The molecule has 0 unspecified atom stereocenters. The molecule has 1 aromatic heterocycles. The predicted molar refractivity (Wildman–Crippen MR) is 85.7 cm³/mol. The topological polar surface area (TPSA) is 75.4 Å². The molecule has 0 fully saturated rings. The number of rotatable bonds is 2. The van der Waals surface area contributed by atoms with Crippen molar-refractivity contribution in [1.29, 1.82) is 0 Å². The fraction of sp³-hybridized carbons (Fsp3) is 0.312. The van der Waals surface area contributed by atoms with Crippen molar-refractivity contribution in [3.8, 4) is 0 Å². The van der Waals surface area contributed by atoms with Crippen LogP contribution in [0.25, 0.3) is 0 Å². The molecule has 114 valence electrons. The number of hydrogen-bond acceptors (Lipinski definition) is 5. The summed E-state index contributed by atoms with van der Waals surface area (Å²) in [7, 11) is 3.95. The lowest BCUT2D eigenvalue weighted by Crippen LogP contribution is -2.36. The molecule has 0 spiro atoms. The molecule has 22 heavy (non-hydrogen) atoms. The molecule has 6 nitrogen and oxygen atoms in total. The first-order valence-corrected chi connectivity index (χ1v) is 7.21. The van der Waals surface area contributed by atoms with E-state index in [2.05, 4.69) is 9.97 Å². The van der Waals surface area contributed by atoms with Gasteiger partial charge in [0.15, 0.2) is 0 Å². The van der Waals surface area contributed by atoms with Gasteiger partial charge in [-0.2, -0.15) is 0 Å². The third kappa shape index (κ3) is 2.72. The van der Waals surface area contributed by atoms with Crippen molar-refractivity contribution in [1.82, 2.24) is 14.9 Å².